The zero-order valence-electron chi connectivity index (χ0n) is 12.9. The van der Waals surface area contributed by atoms with Crippen LogP contribution in [-0.4, -0.2) is 26.8 Å². The van der Waals surface area contributed by atoms with E-state index in [9.17, 15) is 14.7 Å². The van der Waals surface area contributed by atoms with Crippen molar-refractivity contribution in [3.8, 4) is 0 Å². The Labute approximate surface area is 129 Å². The number of carbonyl (C=O) groups excluding carboxylic acids is 1. The number of hydrogen-bond acceptors (Lipinski definition) is 4. The van der Waals surface area contributed by atoms with Gasteiger partial charge >= 0.3 is 5.97 Å². The minimum Gasteiger partial charge on any atom is -0.476 e. The number of carboxylic acids is 1. The van der Waals surface area contributed by atoms with Crippen LogP contribution in [0.3, 0.4) is 0 Å². The molecule has 0 unspecified atom stereocenters. The molecule has 1 N–H and O–H groups in total. The van der Waals surface area contributed by atoms with Crippen molar-refractivity contribution in [2.24, 2.45) is 0 Å². The highest BCUT2D eigenvalue weighted by atomic mass is 16.4. The van der Waals surface area contributed by atoms with Crippen LogP contribution in [0.4, 0.5) is 0 Å². The Kier molecular flexibility index (Phi) is 4.65. The normalized spacial score (nSPS) is 10.5. The third kappa shape index (κ3) is 3.19. The molecule has 1 heterocycles. The van der Waals surface area contributed by atoms with Crippen LogP contribution in [-0.2, 0) is 6.42 Å². The van der Waals surface area contributed by atoms with Gasteiger partial charge in [0.1, 0.15) is 5.82 Å². The Morgan fingerprint density at radius 2 is 1.91 bits per heavy atom. The zero-order valence-corrected chi connectivity index (χ0v) is 12.9. The first kappa shape index (κ1) is 15.8. The van der Waals surface area contributed by atoms with Crippen molar-refractivity contribution in [2.75, 3.05) is 0 Å². The van der Waals surface area contributed by atoms with Gasteiger partial charge in [-0.05, 0) is 37.5 Å². The molecule has 5 heteroatoms. The molecule has 0 bridgehead atoms. The molecule has 0 atom stereocenters. The van der Waals surface area contributed by atoms with E-state index in [1.165, 1.54) is 6.20 Å². The topological polar surface area (TPSA) is 80.2 Å². The van der Waals surface area contributed by atoms with Gasteiger partial charge in [0.2, 0.25) is 0 Å². The fraction of sp³-hybridized carbons (Fsp3) is 0.294. The molecule has 114 valence electrons. The summed E-state index contributed by atoms with van der Waals surface area (Å²) < 4.78 is 0. The summed E-state index contributed by atoms with van der Waals surface area (Å²) in [6.45, 7) is 5.82. The maximum absolute atomic E-state index is 12.6. The lowest BCUT2D eigenvalue weighted by atomic mass is 9.99. The summed E-state index contributed by atoms with van der Waals surface area (Å²) in [5.74, 6) is -1.15. The molecular formula is C17H18N2O3. The van der Waals surface area contributed by atoms with Gasteiger partial charge in [-0.2, -0.15) is 0 Å². The first-order valence-corrected chi connectivity index (χ1v) is 7.15. The monoisotopic (exact) mass is 298 g/mol. The molecular weight excluding hydrogens is 280 g/mol. The minimum absolute atomic E-state index is 0.0237. The van der Waals surface area contributed by atoms with Gasteiger partial charge in [0.15, 0.2) is 11.5 Å². The van der Waals surface area contributed by atoms with Crippen molar-refractivity contribution in [2.45, 2.75) is 33.6 Å². The van der Waals surface area contributed by atoms with Crippen LogP contribution >= 0.6 is 0 Å². The largest absolute Gasteiger partial charge is 0.476 e. The summed E-state index contributed by atoms with van der Waals surface area (Å²) in [5.41, 5.74) is 2.28. The number of carboxylic acid groups (broad SMARTS) is 1. The third-order valence-electron chi connectivity index (χ3n) is 3.53. The van der Waals surface area contributed by atoms with Crippen LogP contribution in [0.5, 0.6) is 0 Å². The number of carbonyl (C=O) groups is 2. The first-order valence-electron chi connectivity index (χ1n) is 7.15. The number of aromatic nitrogens is 2. The molecule has 0 aliphatic carbocycles. The van der Waals surface area contributed by atoms with Crippen molar-refractivity contribution in [1.29, 1.82) is 0 Å². The van der Waals surface area contributed by atoms with Crippen molar-refractivity contribution >= 4 is 11.8 Å². The summed E-state index contributed by atoms with van der Waals surface area (Å²) in [6, 6.07) is 5.29. The molecule has 0 amide bonds. The summed E-state index contributed by atoms with van der Waals surface area (Å²) >= 11 is 0. The van der Waals surface area contributed by atoms with E-state index in [2.05, 4.69) is 9.97 Å². The van der Waals surface area contributed by atoms with E-state index in [0.717, 1.165) is 17.5 Å². The Bertz CT molecular complexity index is 739. The standard InChI is InChI=1S/C17H18N2O3/c1-4-5-14-18-9-13(15(19-14)17(21)22)16(20)12-7-6-10(2)11(3)8-12/h6-9H,4-5H2,1-3H3,(H,21,22). The molecule has 0 radical (unpaired) electrons. The van der Waals surface area contributed by atoms with E-state index >= 15 is 0 Å². The average molecular weight is 298 g/mol. The number of aryl methyl sites for hydroxylation is 3. The van der Waals surface area contributed by atoms with E-state index in [1.54, 1.807) is 12.1 Å². The van der Waals surface area contributed by atoms with Gasteiger partial charge in [-0.1, -0.05) is 19.1 Å². The van der Waals surface area contributed by atoms with Crippen LogP contribution < -0.4 is 0 Å². The van der Waals surface area contributed by atoms with E-state index in [1.807, 2.05) is 26.8 Å². The van der Waals surface area contributed by atoms with Gasteiger partial charge in [0.25, 0.3) is 0 Å². The van der Waals surface area contributed by atoms with E-state index in [4.69, 9.17) is 0 Å². The molecule has 0 saturated carbocycles. The number of benzene rings is 1. The number of aromatic carboxylic acids is 1. The van der Waals surface area contributed by atoms with Gasteiger partial charge in [-0.25, -0.2) is 14.8 Å². The van der Waals surface area contributed by atoms with Gasteiger partial charge in [0, 0.05) is 18.2 Å². The number of ketones is 1. The maximum Gasteiger partial charge on any atom is 0.355 e. The first-order chi connectivity index (χ1) is 10.4. The summed E-state index contributed by atoms with van der Waals surface area (Å²) in [6.07, 6.45) is 2.71. The molecule has 0 spiro atoms. The predicted molar refractivity (Wildman–Crippen MR) is 82.3 cm³/mol. The fourth-order valence-electron chi connectivity index (χ4n) is 2.13. The molecule has 2 aromatic rings. The van der Waals surface area contributed by atoms with E-state index < -0.39 is 5.97 Å². The van der Waals surface area contributed by atoms with Crippen LogP contribution in [0.25, 0.3) is 0 Å². The highest BCUT2D eigenvalue weighted by Gasteiger charge is 2.21. The van der Waals surface area contributed by atoms with E-state index in [0.29, 0.717) is 17.8 Å². The highest BCUT2D eigenvalue weighted by molar-refractivity contribution is 6.13. The molecule has 1 aromatic heterocycles. The van der Waals surface area contributed by atoms with Gasteiger partial charge < -0.3 is 5.11 Å². The maximum atomic E-state index is 12.6. The number of hydrogen-bond donors (Lipinski definition) is 1. The average Bonchev–Trinajstić information content (AvgIpc) is 2.49. The summed E-state index contributed by atoms with van der Waals surface area (Å²) in [7, 11) is 0. The second kappa shape index (κ2) is 6.47. The Morgan fingerprint density at radius 3 is 2.50 bits per heavy atom. The third-order valence-corrected chi connectivity index (χ3v) is 3.53. The van der Waals surface area contributed by atoms with Crippen molar-refractivity contribution in [3.05, 3.63) is 58.2 Å². The fourth-order valence-corrected chi connectivity index (χ4v) is 2.13. The van der Waals surface area contributed by atoms with Crippen LogP contribution in [0.15, 0.2) is 24.4 Å². The number of rotatable bonds is 5. The van der Waals surface area contributed by atoms with Crippen molar-refractivity contribution in [3.63, 3.8) is 0 Å². The second-order valence-electron chi connectivity index (χ2n) is 5.23. The van der Waals surface area contributed by atoms with Crippen LogP contribution in [0, 0.1) is 13.8 Å². The number of nitrogens with zero attached hydrogens (tertiary/aromatic N) is 2. The van der Waals surface area contributed by atoms with Gasteiger partial charge in [-0.15, -0.1) is 0 Å². The van der Waals surface area contributed by atoms with Crippen LogP contribution in [0.1, 0.15) is 56.7 Å². The smallest absolute Gasteiger partial charge is 0.355 e. The van der Waals surface area contributed by atoms with Crippen LogP contribution in [0.2, 0.25) is 0 Å². The molecule has 2 rings (SSSR count). The summed E-state index contributed by atoms with van der Waals surface area (Å²) in [5, 5.41) is 9.31. The molecule has 22 heavy (non-hydrogen) atoms. The Hall–Kier alpha value is -2.56. The predicted octanol–water partition coefficient (Wildman–Crippen LogP) is 2.98. The Balaban J connectivity index is 2.48. The van der Waals surface area contributed by atoms with Gasteiger partial charge in [0.05, 0.1) is 5.56 Å². The van der Waals surface area contributed by atoms with E-state index in [-0.39, 0.29) is 17.0 Å². The quantitative estimate of drug-likeness (QED) is 0.858. The molecule has 0 fully saturated rings. The molecule has 1 aromatic carbocycles. The molecule has 0 aliphatic rings. The molecule has 5 nitrogen and oxygen atoms in total. The van der Waals surface area contributed by atoms with Crippen molar-refractivity contribution in [1.82, 2.24) is 9.97 Å². The summed E-state index contributed by atoms with van der Waals surface area (Å²) in [4.78, 5) is 32.1. The molecule has 0 saturated heterocycles. The second-order valence-corrected chi connectivity index (χ2v) is 5.23. The lowest BCUT2D eigenvalue weighted by molar-refractivity contribution is 0.0685. The molecule has 0 aliphatic heterocycles. The Morgan fingerprint density at radius 1 is 1.18 bits per heavy atom. The SMILES string of the molecule is CCCc1ncc(C(=O)c2ccc(C)c(C)c2)c(C(=O)O)n1. The highest BCUT2D eigenvalue weighted by Crippen LogP contribution is 2.16. The van der Waals surface area contributed by atoms with Gasteiger partial charge in [-0.3, -0.25) is 4.79 Å². The van der Waals surface area contributed by atoms with Crippen molar-refractivity contribution < 1.29 is 14.7 Å². The minimum atomic E-state index is -1.22. The lowest BCUT2D eigenvalue weighted by Crippen LogP contribution is -2.15. The lowest BCUT2D eigenvalue weighted by Gasteiger charge is -2.08. The zero-order chi connectivity index (χ0) is 16.3.